The van der Waals surface area contributed by atoms with Crippen LogP contribution in [0.4, 0.5) is 0 Å². The van der Waals surface area contributed by atoms with Gasteiger partial charge < -0.3 is 10.4 Å². The molecule has 0 aliphatic heterocycles. The SMILES string of the molecule is C[C@H]1CCCC[C@H]1NC(=S)NNC(=O)c1cccc(O)c1. The van der Waals surface area contributed by atoms with Crippen LogP contribution in [0.1, 0.15) is 43.0 Å². The Labute approximate surface area is 130 Å². The first-order valence-corrected chi connectivity index (χ1v) is 7.63. The quantitative estimate of drug-likeness (QED) is 0.497. The highest BCUT2D eigenvalue weighted by molar-refractivity contribution is 7.80. The standard InChI is InChI=1S/C15H21N3O2S/c1-10-5-2-3-8-13(10)16-15(21)18-17-14(20)11-6-4-7-12(19)9-11/h4,6-7,9-10,13,19H,2-3,5,8H2,1H3,(H,17,20)(H2,16,18,21)/t10-,13+/m0/s1. The predicted molar refractivity (Wildman–Crippen MR) is 85.9 cm³/mol. The zero-order chi connectivity index (χ0) is 15.2. The van der Waals surface area contributed by atoms with Crippen LogP contribution in [0.25, 0.3) is 0 Å². The minimum Gasteiger partial charge on any atom is -0.508 e. The molecule has 0 spiro atoms. The zero-order valence-electron chi connectivity index (χ0n) is 12.1. The fourth-order valence-corrected chi connectivity index (χ4v) is 2.77. The van der Waals surface area contributed by atoms with E-state index in [0.29, 0.717) is 22.6 Å². The molecule has 114 valence electrons. The molecule has 2 atom stereocenters. The van der Waals surface area contributed by atoms with Crippen LogP contribution >= 0.6 is 12.2 Å². The number of thiocarbonyl (C=S) groups is 1. The molecular formula is C15H21N3O2S. The summed E-state index contributed by atoms with van der Waals surface area (Å²) in [6, 6.07) is 6.51. The van der Waals surface area contributed by atoms with Crippen molar-refractivity contribution < 1.29 is 9.90 Å². The number of hydrogen-bond donors (Lipinski definition) is 4. The van der Waals surface area contributed by atoms with Crippen molar-refractivity contribution in [2.75, 3.05) is 0 Å². The lowest BCUT2D eigenvalue weighted by Crippen LogP contribution is -2.51. The third kappa shape index (κ3) is 4.60. The van der Waals surface area contributed by atoms with Crippen LogP contribution in [0.2, 0.25) is 0 Å². The Balaban J connectivity index is 1.79. The molecule has 0 aromatic heterocycles. The normalized spacial score (nSPS) is 21.4. The molecule has 1 aromatic carbocycles. The number of aromatic hydroxyl groups is 1. The first-order valence-electron chi connectivity index (χ1n) is 7.22. The summed E-state index contributed by atoms with van der Waals surface area (Å²) in [6.45, 7) is 2.21. The Kier molecular flexibility index (Phi) is 5.38. The molecule has 1 aliphatic carbocycles. The summed E-state index contributed by atoms with van der Waals surface area (Å²) >= 11 is 5.20. The van der Waals surface area contributed by atoms with Gasteiger partial charge in [-0.3, -0.25) is 15.6 Å². The topological polar surface area (TPSA) is 73.4 Å². The summed E-state index contributed by atoms with van der Waals surface area (Å²) in [5, 5.41) is 13.0. The van der Waals surface area contributed by atoms with Crippen molar-refractivity contribution in [1.29, 1.82) is 0 Å². The molecule has 1 saturated carbocycles. The van der Waals surface area contributed by atoms with Crippen LogP contribution < -0.4 is 16.2 Å². The molecule has 0 unspecified atom stereocenters. The molecule has 2 rings (SSSR count). The van der Waals surface area contributed by atoms with Crippen LogP contribution in [0.3, 0.4) is 0 Å². The number of carbonyl (C=O) groups excluding carboxylic acids is 1. The van der Waals surface area contributed by atoms with E-state index in [9.17, 15) is 9.90 Å². The van der Waals surface area contributed by atoms with Crippen molar-refractivity contribution in [3.8, 4) is 5.75 Å². The molecule has 4 N–H and O–H groups in total. The lowest BCUT2D eigenvalue weighted by Gasteiger charge is -2.30. The second-order valence-corrected chi connectivity index (χ2v) is 5.88. The highest BCUT2D eigenvalue weighted by Crippen LogP contribution is 2.23. The molecule has 0 bridgehead atoms. The number of hydrazine groups is 1. The van der Waals surface area contributed by atoms with Crippen molar-refractivity contribution in [3.05, 3.63) is 29.8 Å². The van der Waals surface area contributed by atoms with Crippen LogP contribution in [-0.2, 0) is 0 Å². The van der Waals surface area contributed by atoms with E-state index in [0.717, 1.165) is 6.42 Å². The molecular weight excluding hydrogens is 286 g/mol. The first kappa shape index (κ1) is 15.6. The van der Waals surface area contributed by atoms with Gasteiger partial charge in [0, 0.05) is 11.6 Å². The molecule has 0 radical (unpaired) electrons. The van der Waals surface area contributed by atoms with Crippen LogP contribution in [-0.4, -0.2) is 22.2 Å². The molecule has 6 heteroatoms. The van der Waals surface area contributed by atoms with E-state index in [2.05, 4.69) is 23.1 Å². The van der Waals surface area contributed by atoms with E-state index < -0.39 is 0 Å². The maximum absolute atomic E-state index is 11.9. The van der Waals surface area contributed by atoms with Gasteiger partial charge in [-0.1, -0.05) is 25.8 Å². The third-order valence-electron chi connectivity index (χ3n) is 3.83. The van der Waals surface area contributed by atoms with Gasteiger partial charge in [-0.05, 0) is 49.2 Å². The monoisotopic (exact) mass is 307 g/mol. The number of phenols is 1. The van der Waals surface area contributed by atoms with E-state index in [-0.39, 0.29) is 11.7 Å². The minimum atomic E-state index is -0.341. The van der Waals surface area contributed by atoms with Gasteiger partial charge in [0.25, 0.3) is 5.91 Å². The third-order valence-corrected chi connectivity index (χ3v) is 4.05. The Hall–Kier alpha value is -1.82. The van der Waals surface area contributed by atoms with E-state index in [1.807, 2.05) is 0 Å². The van der Waals surface area contributed by atoms with Gasteiger partial charge in [-0.25, -0.2) is 0 Å². The zero-order valence-corrected chi connectivity index (χ0v) is 12.9. The van der Waals surface area contributed by atoms with Crippen molar-refractivity contribution in [2.24, 2.45) is 5.92 Å². The summed E-state index contributed by atoms with van der Waals surface area (Å²) in [6.07, 6.45) is 4.79. The number of carbonyl (C=O) groups is 1. The lowest BCUT2D eigenvalue weighted by atomic mass is 9.86. The predicted octanol–water partition coefficient (Wildman–Crippen LogP) is 2.08. The molecule has 5 nitrogen and oxygen atoms in total. The first-order chi connectivity index (χ1) is 10.1. The number of rotatable bonds is 2. The van der Waals surface area contributed by atoms with Crippen LogP contribution in [0.15, 0.2) is 24.3 Å². The van der Waals surface area contributed by atoms with Crippen molar-refractivity contribution in [1.82, 2.24) is 16.2 Å². The Morgan fingerprint density at radius 2 is 2.05 bits per heavy atom. The van der Waals surface area contributed by atoms with Crippen molar-refractivity contribution in [2.45, 2.75) is 38.6 Å². The molecule has 1 fully saturated rings. The minimum absolute atomic E-state index is 0.0550. The maximum atomic E-state index is 11.9. The van der Waals surface area contributed by atoms with E-state index >= 15 is 0 Å². The smallest absolute Gasteiger partial charge is 0.269 e. The molecule has 1 aliphatic rings. The van der Waals surface area contributed by atoms with Gasteiger partial charge in [0.05, 0.1) is 0 Å². The Bertz CT molecular complexity index is 521. The highest BCUT2D eigenvalue weighted by atomic mass is 32.1. The lowest BCUT2D eigenvalue weighted by molar-refractivity contribution is 0.0943. The second-order valence-electron chi connectivity index (χ2n) is 5.47. The largest absolute Gasteiger partial charge is 0.508 e. The number of phenolic OH excluding ortho intramolecular Hbond substituents is 1. The Morgan fingerprint density at radius 1 is 1.29 bits per heavy atom. The fourth-order valence-electron chi connectivity index (χ4n) is 2.57. The summed E-state index contributed by atoms with van der Waals surface area (Å²) < 4.78 is 0. The van der Waals surface area contributed by atoms with Gasteiger partial charge in [-0.15, -0.1) is 0 Å². The van der Waals surface area contributed by atoms with Crippen molar-refractivity contribution >= 4 is 23.2 Å². The van der Waals surface area contributed by atoms with E-state index in [1.165, 1.54) is 31.4 Å². The number of amides is 1. The summed E-state index contributed by atoms with van der Waals surface area (Å²) in [4.78, 5) is 11.9. The summed E-state index contributed by atoms with van der Waals surface area (Å²) in [7, 11) is 0. The van der Waals surface area contributed by atoms with Gasteiger partial charge in [-0.2, -0.15) is 0 Å². The van der Waals surface area contributed by atoms with Crippen LogP contribution in [0, 0.1) is 5.92 Å². The molecule has 21 heavy (non-hydrogen) atoms. The average molecular weight is 307 g/mol. The number of nitrogens with one attached hydrogen (secondary N) is 3. The summed E-state index contributed by atoms with van der Waals surface area (Å²) in [5.74, 6) is 0.298. The summed E-state index contributed by atoms with van der Waals surface area (Å²) in [5.41, 5.74) is 5.61. The number of hydrogen-bond acceptors (Lipinski definition) is 3. The van der Waals surface area contributed by atoms with Crippen LogP contribution in [0.5, 0.6) is 5.75 Å². The van der Waals surface area contributed by atoms with E-state index in [4.69, 9.17) is 12.2 Å². The molecule has 0 saturated heterocycles. The van der Waals surface area contributed by atoms with E-state index in [1.54, 1.807) is 12.1 Å². The van der Waals surface area contributed by atoms with Gasteiger partial charge in [0.1, 0.15) is 5.75 Å². The molecule has 1 amide bonds. The second kappa shape index (κ2) is 7.26. The molecule has 1 aromatic rings. The Morgan fingerprint density at radius 3 is 2.76 bits per heavy atom. The van der Waals surface area contributed by atoms with Gasteiger partial charge in [0.2, 0.25) is 0 Å². The molecule has 0 heterocycles. The maximum Gasteiger partial charge on any atom is 0.269 e. The average Bonchev–Trinajstić information content (AvgIpc) is 2.47. The van der Waals surface area contributed by atoms with Crippen molar-refractivity contribution in [3.63, 3.8) is 0 Å². The fraction of sp³-hybridized carbons (Fsp3) is 0.467. The highest BCUT2D eigenvalue weighted by Gasteiger charge is 2.21. The van der Waals surface area contributed by atoms with Gasteiger partial charge >= 0.3 is 0 Å². The van der Waals surface area contributed by atoms with Gasteiger partial charge in [0.15, 0.2) is 5.11 Å². The number of benzene rings is 1.